The summed E-state index contributed by atoms with van der Waals surface area (Å²) in [7, 11) is 2.22. The standard InChI is InChI=1S/C13H28N2S/c1-11(2)15(4)9-6-5-8-14-13-7-10-16-12(13)3/h11-14H,5-10H2,1-4H3. The maximum absolute atomic E-state index is 3.69. The van der Waals surface area contributed by atoms with Gasteiger partial charge in [-0.15, -0.1) is 0 Å². The Morgan fingerprint density at radius 1 is 1.38 bits per heavy atom. The van der Waals surface area contributed by atoms with Crippen molar-refractivity contribution in [2.24, 2.45) is 0 Å². The maximum atomic E-state index is 3.69. The Kier molecular flexibility index (Phi) is 6.78. The highest BCUT2D eigenvalue weighted by Gasteiger charge is 2.22. The molecule has 2 unspecified atom stereocenters. The quantitative estimate of drug-likeness (QED) is 0.693. The molecule has 0 aliphatic carbocycles. The third kappa shape index (κ3) is 5.07. The van der Waals surface area contributed by atoms with Gasteiger partial charge in [-0.25, -0.2) is 0 Å². The molecular formula is C13H28N2S. The summed E-state index contributed by atoms with van der Waals surface area (Å²) >= 11 is 2.11. The van der Waals surface area contributed by atoms with E-state index in [1.807, 2.05) is 0 Å². The molecule has 0 spiro atoms. The molecule has 0 radical (unpaired) electrons. The molecule has 1 rings (SSSR count). The molecule has 3 heteroatoms. The molecule has 0 aromatic rings. The molecule has 2 atom stereocenters. The van der Waals surface area contributed by atoms with Gasteiger partial charge in [-0.1, -0.05) is 6.92 Å². The van der Waals surface area contributed by atoms with Crippen LogP contribution in [0.4, 0.5) is 0 Å². The summed E-state index contributed by atoms with van der Waals surface area (Å²) in [6.45, 7) is 9.29. The predicted octanol–water partition coefficient (Wildman–Crippen LogP) is 2.59. The second-order valence-electron chi connectivity index (χ2n) is 5.21. The van der Waals surface area contributed by atoms with Crippen LogP contribution in [0.3, 0.4) is 0 Å². The fraction of sp³-hybridized carbons (Fsp3) is 1.00. The lowest BCUT2D eigenvalue weighted by molar-refractivity contribution is 0.267. The van der Waals surface area contributed by atoms with E-state index in [0.717, 1.165) is 11.3 Å². The van der Waals surface area contributed by atoms with Crippen molar-refractivity contribution in [1.29, 1.82) is 0 Å². The van der Waals surface area contributed by atoms with E-state index in [-0.39, 0.29) is 0 Å². The van der Waals surface area contributed by atoms with Crippen LogP contribution >= 0.6 is 11.8 Å². The van der Waals surface area contributed by atoms with Crippen LogP contribution in [0.5, 0.6) is 0 Å². The molecule has 0 saturated carbocycles. The van der Waals surface area contributed by atoms with E-state index in [0.29, 0.717) is 6.04 Å². The predicted molar refractivity (Wildman–Crippen MR) is 75.3 cm³/mol. The van der Waals surface area contributed by atoms with Gasteiger partial charge in [0, 0.05) is 17.3 Å². The Labute approximate surface area is 106 Å². The SMILES string of the molecule is CC1SCCC1NCCCCN(C)C(C)C. The van der Waals surface area contributed by atoms with Crippen molar-refractivity contribution < 1.29 is 0 Å². The molecule has 0 aromatic heterocycles. The Morgan fingerprint density at radius 2 is 2.12 bits per heavy atom. The fourth-order valence-electron chi connectivity index (χ4n) is 2.03. The van der Waals surface area contributed by atoms with Crippen LogP contribution in [0.1, 0.15) is 40.0 Å². The van der Waals surface area contributed by atoms with E-state index in [1.165, 1.54) is 38.1 Å². The van der Waals surface area contributed by atoms with E-state index in [4.69, 9.17) is 0 Å². The largest absolute Gasteiger partial charge is 0.313 e. The van der Waals surface area contributed by atoms with Crippen LogP contribution in [0, 0.1) is 0 Å². The number of rotatable bonds is 7. The highest BCUT2D eigenvalue weighted by molar-refractivity contribution is 8.00. The molecule has 1 heterocycles. The molecule has 1 saturated heterocycles. The molecule has 2 nitrogen and oxygen atoms in total. The summed E-state index contributed by atoms with van der Waals surface area (Å²) in [6, 6.07) is 1.45. The van der Waals surface area contributed by atoms with Crippen molar-refractivity contribution in [3.05, 3.63) is 0 Å². The average Bonchev–Trinajstić information content (AvgIpc) is 2.63. The topological polar surface area (TPSA) is 15.3 Å². The first-order valence-electron chi connectivity index (χ1n) is 6.66. The van der Waals surface area contributed by atoms with E-state index in [9.17, 15) is 0 Å². The Bertz CT molecular complexity index is 185. The first kappa shape index (κ1) is 14.3. The monoisotopic (exact) mass is 244 g/mol. The highest BCUT2D eigenvalue weighted by atomic mass is 32.2. The lowest BCUT2D eigenvalue weighted by atomic mass is 10.1. The molecule has 0 bridgehead atoms. The smallest absolute Gasteiger partial charge is 0.0191 e. The number of thioether (sulfide) groups is 1. The molecular weight excluding hydrogens is 216 g/mol. The van der Waals surface area contributed by atoms with E-state index >= 15 is 0 Å². The summed E-state index contributed by atoms with van der Waals surface area (Å²) in [5.41, 5.74) is 0. The van der Waals surface area contributed by atoms with E-state index in [2.05, 4.69) is 49.8 Å². The number of hydrogen-bond donors (Lipinski definition) is 1. The molecule has 96 valence electrons. The number of nitrogens with one attached hydrogen (secondary N) is 1. The minimum Gasteiger partial charge on any atom is -0.313 e. The molecule has 1 N–H and O–H groups in total. The second-order valence-corrected chi connectivity index (χ2v) is 6.69. The molecule has 16 heavy (non-hydrogen) atoms. The van der Waals surface area contributed by atoms with Crippen LogP contribution in [0.15, 0.2) is 0 Å². The lowest BCUT2D eigenvalue weighted by Crippen LogP contribution is -2.34. The van der Waals surface area contributed by atoms with Crippen LogP contribution in [-0.4, -0.2) is 48.1 Å². The van der Waals surface area contributed by atoms with Crippen molar-refractivity contribution in [1.82, 2.24) is 10.2 Å². The molecule has 1 aliphatic rings. The zero-order valence-electron chi connectivity index (χ0n) is 11.3. The van der Waals surface area contributed by atoms with Crippen molar-refractivity contribution in [3.8, 4) is 0 Å². The molecule has 0 amide bonds. The van der Waals surface area contributed by atoms with Gasteiger partial charge in [0.1, 0.15) is 0 Å². The van der Waals surface area contributed by atoms with Gasteiger partial charge >= 0.3 is 0 Å². The molecule has 0 aromatic carbocycles. The summed E-state index contributed by atoms with van der Waals surface area (Å²) in [5.74, 6) is 1.34. The van der Waals surface area contributed by atoms with Gasteiger partial charge in [0.2, 0.25) is 0 Å². The summed E-state index contributed by atoms with van der Waals surface area (Å²) in [6.07, 6.45) is 3.98. The van der Waals surface area contributed by atoms with Gasteiger partial charge in [0.15, 0.2) is 0 Å². The first-order chi connectivity index (χ1) is 7.61. The van der Waals surface area contributed by atoms with Crippen molar-refractivity contribution in [3.63, 3.8) is 0 Å². The van der Waals surface area contributed by atoms with Crippen LogP contribution in [0.2, 0.25) is 0 Å². The third-order valence-electron chi connectivity index (χ3n) is 3.60. The van der Waals surface area contributed by atoms with Gasteiger partial charge in [0.25, 0.3) is 0 Å². The lowest BCUT2D eigenvalue weighted by Gasteiger charge is -2.21. The van der Waals surface area contributed by atoms with Crippen molar-refractivity contribution in [2.45, 2.75) is 57.4 Å². The Hall–Kier alpha value is 0.270. The van der Waals surface area contributed by atoms with E-state index in [1.54, 1.807) is 0 Å². The normalized spacial score (nSPS) is 25.9. The minimum absolute atomic E-state index is 0.680. The Morgan fingerprint density at radius 3 is 2.69 bits per heavy atom. The van der Waals surface area contributed by atoms with Crippen LogP contribution < -0.4 is 5.32 Å². The first-order valence-corrected chi connectivity index (χ1v) is 7.71. The highest BCUT2D eigenvalue weighted by Crippen LogP contribution is 2.25. The van der Waals surface area contributed by atoms with Gasteiger partial charge in [-0.3, -0.25) is 0 Å². The number of hydrogen-bond acceptors (Lipinski definition) is 3. The van der Waals surface area contributed by atoms with Crippen molar-refractivity contribution >= 4 is 11.8 Å². The van der Waals surface area contributed by atoms with Crippen LogP contribution in [-0.2, 0) is 0 Å². The summed E-state index contributed by atoms with van der Waals surface area (Å²) in [4.78, 5) is 2.42. The number of nitrogens with zero attached hydrogens (tertiary/aromatic N) is 1. The minimum atomic E-state index is 0.680. The van der Waals surface area contributed by atoms with E-state index < -0.39 is 0 Å². The van der Waals surface area contributed by atoms with Crippen molar-refractivity contribution in [2.75, 3.05) is 25.9 Å². The number of unbranched alkanes of at least 4 members (excludes halogenated alkanes) is 1. The second kappa shape index (κ2) is 7.57. The zero-order chi connectivity index (χ0) is 12.0. The zero-order valence-corrected chi connectivity index (χ0v) is 12.1. The summed E-state index contributed by atoms with van der Waals surface area (Å²) < 4.78 is 0. The van der Waals surface area contributed by atoms with Gasteiger partial charge in [-0.2, -0.15) is 11.8 Å². The third-order valence-corrected chi connectivity index (χ3v) is 4.93. The van der Waals surface area contributed by atoms with Gasteiger partial charge in [-0.05, 0) is 59.0 Å². The molecule has 1 fully saturated rings. The average molecular weight is 244 g/mol. The fourth-order valence-corrected chi connectivity index (χ4v) is 3.26. The molecule has 1 aliphatic heterocycles. The summed E-state index contributed by atoms with van der Waals surface area (Å²) in [5, 5.41) is 4.51. The van der Waals surface area contributed by atoms with Gasteiger partial charge < -0.3 is 10.2 Å². The Balaban J connectivity index is 1.95. The van der Waals surface area contributed by atoms with Crippen LogP contribution in [0.25, 0.3) is 0 Å². The maximum Gasteiger partial charge on any atom is 0.0191 e. The van der Waals surface area contributed by atoms with Gasteiger partial charge in [0.05, 0.1) is 0 Å².